The first-order valence-corrected chi connectivity index (χ1v) is 4.83. The van der Waals surface area contributed by atoms with Gasteiger partial charge in [-0.3, -0.25) is 4.40 Å². The molecule has 0 aliphatic heterocycles. The Morgan fingerprint density at radius 3 is 3.14 bits per heavy atom. The van der Waals surface area contributed by atoms with E-state index in [4.69, 9.17) is 11.6 Å². The second kappa shape index (κ2) is 3.94. The third-order valence-corrected chi connectivity index (χ3v) is 2.35. The van der Waals surface area contributed by atoms with Gasteiger partial charge in [-0.15, -0.1) is 10.2 Å². The molecule has 0 radical (unpaired) electrons. The number of aromatic nitrogens is 3. The fourth-order valence-electron chi connectivity index (χ4n) is 1.34. The molecule has 0 aliphatic rings. The van der Waals surface area contributed by atoms with Gasteiger partial charge in [0.05, 0.1) is 5.02 Å². The Labute approximate surface area is 86.9 Å². The molecule has 0 aromatic carbocycles. The molecule has 0 saturated heterocycles. The minimum absolute atomic E-state index is 0.635. The highest BCUT2D eigenvalue weighted by Crippen LogP contribution is 2.15. The molecule has 0 saturated carbocycles. The minimum atomic E-state index is 0.635. The van der Waals surface area contributed by atoms with Crippen molar-refractivity contribution in [2.45, 2.75) is 6.42 Å². The number of nitrogens with one attached hydrogen (secondary N) is 1. The largest absolute Gasteiger partial charge is 0.319 e. The topological polar surface area (TPSA) is 42.2 Å². The van der Waals surface area contributed by atoms with E-state index in [9.17, 15) is 0 Å². The lowest BCUT2D eigenvalue weighted by molar-refractivity contribution is 0.747. The monoisotopic (exact) mass is 210 g/mol. The number of hydrogen-bond donors (Lipinski definition) is 1. The molecule has 2 rings (SSSR count). The summed E-state index contributed by atoms with van der Waals surface area (Å²) in [6, 6.07) is 3.70. The van der Waals surface area contributed by atoms with E-state index in [0.29, 0.717) is 5.02 Å². The summed E-state index contributed by atoms with van der Waals surface area (Å²) in [5.41, 5.74) is 0.722. The van der Waals surface area contributed by atoms with Gasteiger partial charge in [0.25, 0.3) is 0 Å². The van der Waals surface area contributed by atoms with Crippen LogP contribution in [0.1, 0.15) is 5.82 Å². The zero-order valence-electron chi connectivity index (χ0n) is 7.87. The van der Waals surface area contributed by atoms with Gasteiger partial charge in [0.1, 0.15) is 5.82 Å². The average molecular weight is 211 g/mol. The number of nitrogens with zero attached hydrogens (tertiary/aromatic N) is 3. The average Bonchev–Trinajstić information content (AvgIpc) is 2.60. The second-order valence-corrected chi connectivity index (χ2v) is 3.43. The van der Waals surface area contributed by atoms with Crippen LogP contribution >= 0.6 is 11.6 Å². The zero-order chi connectivity index (χ0) is 9.97. The van der Waals surface area contributed by atoms with Crippen molar-refractivity contribution in [2.75, 3.05) is 13.6 Å². The summed E-state index contributed by atoms with van der Waals surface area (Å²) in [6.45, 7) is 0.882. The van der Waals surface area contributed by atoms with E-state index in [1.165, 1.54) is 0 Å². The molecule has 0 atom stereocenters. The van der Waals surface area contributed by atoms with E-state index >= 15 is 0 Å². The van der Waals surface area contributed by atoms with Crippen molar-refractivity contribution >= 4 is 17.2 Å². The van der Waals surface area contributed by atoms with Gasteiger partial charge in [-0.25, -0.2) is 0 Å². The summed E-state index contributed by atoms with van der Waals surface area (Å²) in [4.78, 5) is 0. The van der Waals surface area contributed by atoms with Crippen molar-refractivity contribution in [1.82, 2.24) is 19.9 Å². The predicted octanol–water partition coefficient (Wildman–Crippen LogP) is 1.14. The Bertz CT molecular complexity index is 437. The third kappa shape index (κ3) is 1.58. The molecule has 1 N–H and O–H groups in total. The standard InChI is InChI=1S/C9H11ClN4/c1-11-5-4-8-12-13-9-7(10)3-2-6-14(8)9/h2-3,6,11H,4-5H2,1H3. The van der Waals surface area contributed by atoms with Gasteiger partial charge in [-0.2, -0.15) is 0 Å². The molecule has 0 bridgehead atoms. The smallest absolute Gasteiger partial charge is 0.179 e. The van der Waals surface area contributed by atoms with Crippen molar-refractivity contribution in [3.8, 4) is 0 Å². The van der Waals surface area contributed by atoms with Crippen molar-refractivity contribution < 1.29 is 0 Å². The van der Waals surface area contributed by atoms with Crippen LogP contribution < -0.4 is 5.32 Å². The van der Waals surface area contributed by atoms with Crippen LogP contribution in [0.4, 0.5) is 0 Å². The van der Waals surface area contributed by atoms with Crippen LogP contribution in [0.15, 0.2) is 18.3 Å². The van der Waals surface area contributed by atoms with Crippen LogP contribution in [-0.2, 0) is 6.42 Å². The number of likely N-dealkylation sites (N-methyl/N-ethyl adjacent to an activating group) is 1. The molecule has 0 spiro atoms. The molecule has 0 fully saturated rings. The Balaban J connectivity index is 2.42. The predicted molar refractivity (Wildman–Crippen MR) is 55.6 cm³/mol. The van der Waals surface area contributed by atoms with E-state index in [2.05, 4.69) is 15.5 Å². The van der Waals surface area contributed by atoms with E-state index in [0.717, 1.165) is 24.4 Å². The maximum Gasteiger partial charge on any atom is 0.179 e. The first kappa shape index (κ1) is 9.43. The quantitative estimate of drug-likeness (QED) is 0.827. The van der Waals surface area contributed by atoms with Gasteiger partial charge in [0, 0.05) is 19.2 Å². The third-order valence-electron chi connectivity index (χ3n) is 2.06. The summed E-state index contributed by atoms with van der Waals surface area (Å²) in [5.74, 6) is 0.928. The lowest BCUT2D eigenvalue weighted by atomic mass is 10.4. The first-order chi connectivity index (χ1) is 6.83. The lowest BCUT2D eigenvalue weighted by Crippen LogP contribution is -2.12. The molecular formula is C9H11ClN4. The van der Waals surface area contributed by atoms with E-state index in [1.807, 2.05) is 29.8 Å². The van der Waals surface area contributed by atoms with Crippen molar-refractivity contribution in [3.05, 3.63) is 29.2 Å². The summed E-state index contributed by atoms with van der Waals surface area (Å²) >= 11 is 5.97. The van der Waals surface area contributed by atoms with Gasteiger partial charge in [-0.1, -0.05) is 11.6 Å². The highest BCUT2D eigenvalue weighted by molar-refractivity contribution is 6.33. The molecule has 2 heterocycles. The van der Waals surface area contributed by atoms with Gasteiger partial charge in [-0.05, 0) is 19.2 Å². The summed E-state index contributed by atoms with van der Waals surface area (Å²) in [6.07, 6.45) is 2.77. The number of fused-ring (bicyclic) bond motifs is 1. The lowest BCUT2D eigenvalue weighted by Gasteiger charge is -1.99. The minimum Gasteiger partial charge on any atom is -0.319 e. The number of pyridine rings is 1. The van der Waals surface area contributed by atoms with Gasteiger partial charge in [0.15, 0.2) is 5.65 Å². The molecular weight excluding hydrogens is 200 g/mol. The summed E-state index contributed by atoms with van der Waals surface area (Å²) < 4.78 is 1.92. The number of hydrogen-bond acceptors (Lipinski definition) is 3. The highest BCUT2D eigenvalue weighted by Gasteiger charge is 2.06. The molecule has 4 nitrogen and oxygen atoms in total. The van der Waals surface area contributed by atoms with Crippen molar-refractivity contribution in [3.63, 3.8) is 0 Å². The fraction of sp³-hybridized carbons (Fsp3) is 0.333. The molecule has 5 heteroatoms. The molecule has 14 heavy (non-hydrogen) atoms. The molecule has 0 amide bonds. The number of rotatable bonds is 3. The maximum absolute atomic E-state index is 5.97. The first-order valence-electron chi connectivity index (χ1n) is 4.45. The Hall–Kier alpha value is -1.13. The van der Waals surface area contributed by atoms with Crippen LogP contribution in [-0.4, -0.2) is 28.2 Å². The normalized spacial score (nSPS) is 11.0. The molecule has 2 aromatic heterocycles. The summed E-state index contributed by atoms with van der Waals surface area (Å²) in [7, 11) is 1.91. The van der Waals surface area contributed by atoms with Crippen molar-refractivity contribution in [2.24, 2.45) is 0 Å². The van der Waals surface area contributed by atoms with Gasteiger partial charge in [0.2, 0.25) is 0 Å². The highest BCUT2D eigenvalue weighted by atomic mass is 35.5. The number of halogens is 1. The Morgan fingerprint density at radius 1 is 1.50 bits per heavy atom. The molecule has 2 aromatic rings. The van der Waals surface area contributed by atoms with Gasteiger partial charge < -0.3 is 5.32 Å². The maximum atomic E-state index is 5.97. The SMILES string of the molecule is CNCCc1nnc2c(Cl)cccn12. The molecule has 0 unspecified atom stereocenters. The summed E-state index contributed by atoms with van der Waals surface area (Å²) in [5, 5.41) is 11.8. The second-order valence-electron chi connectivity index (χ2n) is 3.02. The molecule has 0 aliphatic carbocycles. The van der Waals surface area contributed by atoms with Crippen LogP contribution in [0, 0.1) is 0 Å². The van der Waals surface area contributed by atoms with Crippen LogP contribution in [0.3, 0.4) is 0 Å². The zero-order valence-corrected chi connectivity index (χ0v) is 8.62. The van der Waals surface area contributed by atoms with Gasteiger partial charge >= 0.3 is 0 Å². The van der Waals surface area contributed by atoms with Crippen LogP contribution in [0.25, 0.3) is 5.65 Å². The Kier molecular flexibility index (Phi) is 2.65. The van der Waals surface area contributed by atoms with Crippen LogP contribution in [0.2, 0.25) is 5.02 Å². The Morgan fingerprint density at radius 2 is 2.36 bits per heavy atom. The van der Waals surface area contributed by atoms with Crippen molar-refractivity contribution in [1.29, 1.82) is 0 Å². The fourth-order valence-corrected chi connectivity index (χ4v) is 1.54. The molecule has 74 valence electrons. The van der Waals surface area contributed by atoms with Crippen LogP contribution in [0.5, 0.6) is 0 Å². The van der Waals surface area contributed by atoms with E-state index < -0.39 is 0 Å². The van der Waals surface area contributed by atoms with E-state index in [1.54, 1.807) is 0 Å². The van der Waals surface area contributed by atoms with E-state index in [-0.39, 0.29) is 0 Å².